The number of rotatable bonds is 14. The first kappa shape index (κ1) is 35.6. The molecule has 0 aliphatic heterocycles. The van der Waals surface area contributed by atoms with E-state index in [9.17, 15) is 24.0 Å². The predicted octanol–water partition coefficient (Wildman–Crippen LogP) is 3.24. The Morgan fingerprint density at radius 1 is 0.727 bits per heavy atom. The second kappa shape index (κ2) is 17.5. The Hall–Kier alpha value is -4.61. The predicted molar refractivity (Wildman–Crippen MR) is 163 cm³/mol. The topological polar surface area (TPSA) is 161 Å². The van der Waals surface area contributed by atoms with Crippen LogP contribution in [-0.4, -0.2) is 67.4 Å². The van der Waals surface area contributed by atoms with Crippen LogP contribution in [0.3, 0.4) is 0 Å². The number of alkyl carbamates (subject to hydrolysis) is 2. The van der Waals surface area contributed by atoms with Crippen molar-refractivity contribution >= 4 is 30.0 Å². The highest BCUT2D eigenvalue weighted by Gasteiger charge is 2.31. The van der Waals surface area contributed by atoms with E-state index in [1.165, 1.54) is 0 Å². The summed E-state index contributed by atoms with van der Waals surface area (Å²) < 4.78 is 15.3. The highest BCUT2D eigenvalue weighted by atomic mass is 16.6. The monoisotopic (exact) mass is 612 g/mol. The smallest absolute Gasteiger partial charge is 0.408 e. The largest absolute Gasteiger partial charge is 0.467 e. The highest BCUT2D eigenvalue weighted by molar-refractivity contribution is 5.93. The molecule has 0 bridgehead atoms. The van der Waals surface area contributed by atoms with Crippen LogP contribution in [-0.2, 0) is 41.6 Å². The molecule has 0 heterocycles. The van der Waals surface area contributed by atoms with Crippen molar-refractivity contribution in [1.82, 2.24) is 21.3 Å². The molecule has 0 unspecified atom stereocenters. The van der Waals surface area contributed by atoms with E-state index >= 15 is 0 Å². The molecule has 0 aliphatic carbocycles. The number of esters is 1. The van der Waals surface area contributed by atoms with Gasteiger partial charge in [0.2, 0.25) is 11.8 Å². The Morgan fingerprint density at radius 2 is 1.27 bits per heavy atom. The van der Waals surface area contributed by atoms with Crippen LogP contribution in [0.15, 0.2) is 60.7 Å². The van der Waals surface area contributed by atoms with Crippen LogP contribution in [0, 0.1) is 5.92 Å². The minimum Gasteiger partial charge on any atom is -0.467 e. The maximum atomic E-state index is 13.5. The van der Waals surface area contributed by atoms with Crippen molar-refractivity contribution in [2.45, 2.75) is 77.8 Å². The number of carbonyl (C=O) groups is 5. The molecule has 12 nitrogen and oxygen atoms in total. The van der Waals surface area contributed by atoms with Crippen molar-refractivity contribution in [3.05, 3.63) is 71.8 Å². The molecule has 4 amide bonds. The Balaban J connectivity index is 2.18. The van der Waals surface area contributed by atoms with E-state index in [1.807, 2.05) is 50.2 Å². The lowest BCUT2D eigenvalue weighted by Gasteiger charge is -2.26. The lowest BCUT2D eigenvalue weighted by molar-refractivity contribution is -0.145. The van der Waals surface area contributed by atoms with E-state index in [1.54, 1.807) is 45.0 Å². The van der Waals surface area contributed by atoms with Gasteiger partial charge in [-0.25, -0.2) is 14.4 Å². The Morgan fingerprint density at radius 3 is 1.82 bits per heavy atom. The fourth-order valence-electron chi connectivity index (χ4n) is 4.05. The zero-order chi connectivity index (χ0) is 32.7. The molecule has 44 heavy (non-hydrogen) atoms. The number of benzene rings is 2. The third-order valence-electron chi connectivity index (χ3n) is 6.10. The van der Waals surface area contributed by atoms with Gasteiger partial charge in [-0.05, 0) is 44.2 Å². The van der Waals surface area contributed by atoms with Crippen molar-refractivity contribution in [3.8, 4) is 0 Å². The van der Waals surface area contributed by atoms with Gasteiger partial charge in [-0.3, -0.25) is 9.59 Å². The average molecular weight is 613 g/mol. The van der Waals surface area contributed by atoms with Crippen LogP contribution in [0.1, 0.15) is 52.2 Å². The van der Waals surface area contributed by atoms with Crippen LogP contribution in [0.25, 0.3) is 0 Å². The van der Waals surface area contributed by atoms with Gasteiger partial charge in [0.15, 0.2) is 0 Å². The SMILES string of the molecule is COC(=O)[C@H](CNC(=O)OC(C)(C)C)NC(=O)[C@H](Cc1ccccc1)NC(=O)[C@H](CC(C)C)NC(=O)OCc1ccccc1. The summed E-state index contributed by atoms with van der Waals surface area (Å²) in [5.74, 6) is -2.09. The highest BCUT2D eigenvalue weighted by Crippen LogP contribution is 2.10. The summed E-state index contributed by atoms with van der Waals surface area (Å²) in [5, 5.41) is 10.3. The lowest BCUT2D eigenvalue weighted by atomic mass is 10.0. The van der Waals surface area contributed by atoms with Gasteiger partial charge in [-0.2, -0.15) is 0 Å². The van der Waals surface area contributed by atoms with Crippen molar-refractivity contribution in [2.75, 3.05) is 13.7 Å². The number of amides is 4. The molecule has 0 saturated carbocycles. The fourth-order valence-corrected chi connectivity index (χ4v) is 4.05. The number of hydrogen-bond donors (Lipinski definition) is 4. The van der Waals surface area contributed by atoms with Crippen LogP contribution in [0.5, 0.6) is 0 Å². The summed E-state index contributed by atoms with van der Waals surface area (Å²) in [7, 11) is 1.15. The molecule has 3 atom stereocenters. The number of methoxy groups -OCH3 is 1. The van der Waals surface area contributed by atoms with Gasteiger partial charge < -0.3 is 35.5 Å². The Kier molecular flexibility index (Phi) is 14.1. The van der Waals surface area contributed by atoms with Crippen molar-refractivity contribution in [3.63, 3.8) is 0 Å². The molecular weight excluding hydrogens is 568 g/mol. The second-order valence-electron chi connectivity index (χ2n) is 11.6. The molecule has 0 saturated heterocycles. The molecule has 0 aromatic heterocycles. The van der Waals surface area contributed by atoms with Crippen LogP contribution < -0.4 is 21.3 Å². The van der Waals surface area contributed by atoms with Gasteiger partial charge in [-0.1, -0.05) is 74.5 Å². The fraction of sp³-hybridized carbons (Fsp3) is 0.469. The normalized spacial score (nSPS) is 13.1. The first-order valence-electron chi connectivity index (χ1n) is 14.4. The first-order valence-corrected chi connectivity index (χ1v) is 14.4. The molecule has 2 aromatic rings. The van der Waals surface area contributed by atoms with Crippen LogP contribution >= 0.6 is 0 Å². The molecule has 12 heteroatoms. The minimum absolute atomic E-state index is 0.0178. The molecular formula is C32H44N4O8. The summed E-state index contributed by atoms with van der Waals surface area (Å²) in [6, 6.07) is 14.7. The summed E-state index contributed by atoms with van der Waals surface area (Å²) >= 11 is 0. The van der Waals surface area contributed by atoms with E-state index in [2.05, 4.69) is 21.3 Å². The number of nitrogens with one attached hydrogen (secondary N) is 4. The molecule has 0 aliphatic rings. The number of carbonyl (C=O) groups excluding carboxylic acids is 5. The van der Waals surface area contributed by atoms with E-state index in [0.717, 1.165) is 18.2 Å². The van der Waals surface area contributed by atoms with Gasteiger partial charge in [0.25, 0.3) is 0 Å². The molecule has 2 rings (SSSR count). The average Bonchev–Trinajstić information content (AvgIpc) is 2.96. The van der Waals surface area contributed by atoms with Gasteiger partial charge in [0, 0.05) is 6.42 Å². The zero-order valence-electron chi connectivity index (χ0n) is 26.2. The van der Waals surface area contributed by atoms with Gasteiger partial charge in [0.05, 0.1) is 13.7 Å². The van der Waals surface area contributed by atoms with Crippen molar-refractivity contribution in [2.24, 2.45) is 5.92 Å². The molecule has 0 fully saturated rings. The minimum atomic E-state index is -1.27. The number of hydrogen-bond acceptors (Lipinski definition) is 8. The third-order valence-corrected chi connectivity index (χ3v) is 6.10. The summed E-state index contributed by atoms with van der Waals surface area (Å²) in [6.45, 7) is 8.56. The third kappa shape index (κ3) is 13.6. The Bertz CT molecular complexity index is 1230. The standard InChI is InChI=1S/C32H44N4O8/c1-21(2)17-24(36-31(41)43-20-23-15-11-8-12-16-23)27(37)34-25(18-22-13-9-7-10-14-22)28(38)35-26(29(39)42-6)19-33-30(40)44-32(3,4)5/h7-16,21,24-26H,17-20H2,1-6H3,(H,33,40)(H,34,37)(H,35,38)(H,36,41)/t24-,25-,26-/m0/s1. The first-order chi connectivity index (χ1) is 20.8. The molecule has 4 N–H and O–H groups in total. The van der Waals surface area contributed by atoms with E-state index in [4.69, 9.17) is 14.2 Å². The van der Waals surface area contributed by atoms with E-state index < -0.39 is 53.7 Å². The van der Waals surface area contributed by atoms with Gasteiger partial charge in [0.1, 0.15) is 30.3 Å². The lowest BCUT2D eigenvalue weighted by Crippen LogP contribution is -2.58. The molecule has 2 aromatic carbocycles. The van der Waals surface area contributed by atoms with E-state index in [0.29, 0.717) is 0 Å². The van der Waals surface area contributed by atoms with Crippen molar-refractivity contribution in [1.29, 1.82) is 0 Å². The summed E-state index contributed by atoms with van der Waals surface area (Å²) in [5.41, 5.74) is 0.756. The molecule has 240 valence electrons. The van der Waals surface area contributed by atoms with Gasteiger partial charge in [-0.15, -0.1) is 0 Å². The van der Waals surface area contributed by atoms with Gasteiger partial charge >= 0.3 is 18.2 Å². The zero-order valence-corrected chi connectivity index (χ0v) is 26.2. The number of ether oxygens (including phenoxy) is 3. The summed E-state index contributed by atoms with van der Waals surface area (Å²) in [4.78, 5) is 64.3. The maximum absolute atomic E-state index is 13.5. The Labute approximate surface area is 258 Å². The molecule has 0 radical (unpaired) electrons. The van der Waals surface area contributed by atoms with Crippen LogP contribution in [0.2, 0.25) is 0 Å². The maximum Gasteiger partial charge on any atom is 0.408 e. The van der Waals surface area contributed by atoms with E-state index in [-0.39, 0.29) is 31.9 Å². The van der Waals surface area contributed by atoms with Crippen LogP contribution in [0.4, 0.5) is 9.59 Å². The summed E-state index contributed by atoms with van der Waals surface area (Å²) in [6.07, 6.45) is -1.20. The quantitative estimate of drug-likeness (QED) is 0.187. The van der Waals surface area contributed by atoms with Crippen molar-refractivity contribution < 1.29 is 38.2 Å². The molecule has 0 spiro atoms. The second-order valence-corrected chi connectivity index (χ2v) is 11.6.